The largest absolute Gasteiger partial charge is 0.482 e. The fourth-order valence-electron chi connectivity index (χ4n) is 3.67. The minimum atomic E-state index is -0.387. The van der Waals surface area contributed by atoms with Gasteiger partial charge < -0.3 is 9.47 Å². The highest BCUT2D eigenvalue weighted by Crippen LogP contribution is 2.29. The first-order valence-electron chi connectivity index (χ1n) is 10.7. The normalized spacial score (nSPS) is 10.5. The molecule has 160 valence electrons. The number of esters is 1. The molecule has 0 saturated carbocycles. The molecule has 0 aliphatic carbocycles. The van der Waals surface area contributed by atoms with Gasteiger partial charge in [-0.25, -0.2) is 4.79 Å². The van der Waals surface area contributed by atoms with Gasteiger partial charge in [0.1, 0.15) is 5.75 Å². The molecule has 0 aromatic heterocycles. The van der Waals surface area contributed by atoms with Crippen LogP contribution in [0.25, 0.3) is 22.3 Å². The Kier molecular flexibility index (Phi) is 6.98. The summed E-state index contributed by atoms with van der Waals surface area (Å²) in [6.07, 6.45) is 1.85. The third-order valence-corrected chi connectivity index (χ3v) is 5.42. The molecule has 3 heteroatoms. The van der Waals surface area contributed by atoms with Crippen molar-refractivity contribution >= 4 is 5.97 Å². The van der Waals surface area contributed by atoms with Gasteiger partial charge in [0.2, 0.25) is 0 Å². The summed E-state index contributed by atoms with van der Waals surface area (Å²) >= 11 is 0. The molecule has 0 saturated heterocycles. The van der Waals surface area contributed by atoms with Crippen LogP contribution in [0.3, 0.4) is 0 Å². The van der Waals surface area contributed by atoms with Gasteiger partial charge in [-0.15, -0.1) is 0 Å². The van der Waals surface area contributed by atoms with E-state index in [1.165, 1.54) is 40.5 Å². The molecule has 3 nitrogen and oxygen atoms in total. The fourth-order valence-corrected chi connectivity index (χ4v) is 3.67. The molecule has 0 aliphatic rings. The summed E-state index contributed by atoms with van der Waals surface area (Å²) in [7, 11) is 1.35. The van der Waals surface area contributed by atoms with Crippen LogP contribution in [0.1, 0.15) is 11.1 Å². The fraction of sp³-hybridized carbons (Fsp3) is 0.138. The van der Waals surface area contributed by atoms with Crippen molar-refractivity contribution in [2.75, 3.05) is 13.7 Å². The maximum Gasteiger partial charge on any atom is 0.343 e. The number of methoxy groups -OCH3 is 1. The van der Waals surface area contributed by atoms with E-state index in [1.807, 2.05) is 36.4 Å². The minimum Gasteiger partial charge on any atom is -0.482 e. The minimum absolute atomic E-state index is 0.0790. The first kappa shape index (κ1) is 21.4. The van der Waals surface area contributed by atoms with Gasteiger partial charge >= 0.3 is 5.97 Å². The molecule has 4 aromatic rings. The molecule has 0 atom stereocenters. The van der Waals surface area contributed by atoms with Gasteiger partial charge in [-0.05, 0) is 64.4 Å². The predicted octanol–water partition coefficient (Wildman–Crippen LogP) is 6.36. The van der Waals surface area contributed by atoms with Crippen molar-refractivity contribution in [1.29, 1.82) is 0 Å². The highest BCUT2D eigenvalue weighted by molar-refractivity contribution is 5.74. The number of ether oxygens (including phenoxy) is 2. The number of carbonyl (C=O) groups is 1. The van der Waals surface area contributed by atoms with Gasteiger partial charge in [-0.3, -0.25) is 0 Å². The van der Waals surface area contributed by atoms with E-state index in [4.69, 9.17) is 4.74 Å². The summed E-state index contributed by atoms with van der Waals surface area (Å²) in [4.78, 5) is 11.2. The highest BCUT2D eigenvalue weighted by atomic mass is 16.6. The Bertz CT molecular complexity index is 1090. The van der Waals surface area contributed by atoms with Crippen molar-refractivity contribution in [3.05, 3.63) is 114 Å². The van der Waals surface area contributed by atoms with Crippen molar-refractivity contribution in [3.63, 3.8) is 0 Å². The third-order valence-electron chi connectivity index (χ3n) is 5.42. The zero-order valence-electron chi connectivity index (χ0n) is 18.2. The van der Waals surface area contributed by atoms with Crippen molar-refractivity contribution in [3.8, 4) is 28.0 Å². The highest BCUT2D eigenvalue weighted by Gasteiger charge is 2.07. The molecule has 0 N–H and O–H groups in total. The topological polar surface area (TPSA) is 35.5 Å². The van der Waals surface area contributed by atoms with Crippen LogP contribution in [-0.4, -0.2) is 19.7 Å². The molecule has 4 aromatic carbocycles. The molecule has 0 amide bonds. The summed E-state index contributed by atoms with van der Waals surface area (Å²) in [6.45, 7) is -0.0790. The monoisotopic (exact) mass is 422 g/mol. The first-order valence-corrected chi connectivity index (χ1v) is 10.7. The van der Waals surface area contributed by atoms with Crippen LogP contribution in [0, 0.1) is 0 Å². The Morgan fingerprint density at radius 2 is 1.16 bits per heavy atom. The van der Waals surface area contributed by atoms with E-state index in [9.17, 15) is 4.79 Å². The van der Waals surface area contributed by atoms with Gasteiger partial charge in [0.15, 0.2) is 6.61 Å². The maximum absolute atomic E-state index is 11.2. The van der Waals surface area contributed by atoms with E-state index in [1.54, 1.807) is 0 Å². The van der Waals surface area contributed by atoms with Crippen LogP contribution in [0.15, 0.2) is 103 Å². The molecule has 0 spiro atoms. The summed E-state index contributed by atoms with van der Waals surface area (Å²) < 4.78 is 10.0. The van der Waals surface area contributed by atoms with Crippen LogP contribution in [0.4, 0.5) is 0 Å². The molecule has 0 fully saturated rings. The molecule has 0 bridgehead atoms. The van der Waals surface area contributed by atoms with E-state index in [0.717, 1.165) is 12.8 Å². The van der Waals surface area contributed by atoms with Crippen molar-refractivity contribution in [2.45, 2.75) is 12.8 Å². The number of hydrogen-bond acceptors (Lipinski definition) is 3. The molecule has 0 unspecified atom stereocenters. The number of carbonyl (C=O) groups excluding carboxylic acids is 1. The zero-order valence-corrected chi connectivity index (χ0v) is 18.2. The van der Waals surface area contributed by atoms with Crippen LogP contribution >= 0.6 is 0 Å². The SMILES string of the molecule is COC(=O)COc1ccc(CCc2cc(-c3ccccc3)cc(-c3ccccc3)c2)cc1. The predicted molar refractivity (Wildman–Crippen MR) is 129 cm³/mol. The van der Waals surface area contributed by atoms with Gasteiger partial charge in [0, 0.05) is 0 Å². The average Bonchev–Trinajstić information content (AvgIpc) is 2.87. The zero-order chi connectivity index (χ0) is 22.2. The Balaban J connectivity index is 1.52. The maximum atomic E-state index is 11.2. The van der Waals surface area contributed by atoms with Gasteiger partial charge in [0.05, 0.1) is 7.11 Å². The number of aryl methyl sites for hydroxylation is 2. The number of rotatable bonds is 8. The van der Waals surface area contributed by atoms with Crippen LogP contribution < -0.4 is 4.74 Å². The summed E-state index contributed by atoms with van der Waals surface area (Å²) in [5.41, 5.74) is 7.43. The van der Waals surface area contributed by atoms with E-state index < -0.39 is 0 Å². The Morgan fingerprint density at radius 3 is 1.69 bits per heavy atom. The number of hydrogen-bond donors (Lipinski definition) is 0. The third kappa shape index (κ3) is 5.64. The van der Waals surface area contributed by atoms with Crippen LogP contribution in [-0.2, 0) is 22.4 Å². The molecule has 0 aliphatic heterocycles. The van der Waals surface area contributed by atoms with Crippen LogP contribution in [0.5, 0.6) is 5.75 Å². The van der Waals surface area contributed by atoms with Crippen molar-refractivity contribution < 1.29 is 14.3 Å². The summed E-state index contributed by atoms with van der Waals surface area (Å²) in [5.74, 6) is 0.276. The molecule has 0 heterocycles. The van der Waals surface area contributed by atoms with E-state index >= 15 is 0 Å². The molecule has 4 rings (SSSR count). The Hall–Kier alpha value is -3.85. The molecule has 0 radical (unpaired) electrons. The van der Waals surface area contributed by atoms with E-state index in [2.05, 4.69) is 71.5 Å². The summed E-state index contributed by atoms with van der Waals surface area (Å²) in [5, 5.41) is 0. The standard InChI is InChI=1S/C29H26O3/c1-31-29(30)21-32-28-16-14-22(15-17-28)12-13-23-18-26(24-8-4-2-5-9-24)20-27(19-23)25-10-6-3-7-11-25/h2-11,14-20H,12-13,21H2,1H3. The quantitative estimate of drug-likeness (QED) is 0.310. The second kappa shape index (κ2) is 10.5. The first-order chi connectivity index (χ1) is 15.7. The van der Waals surface area contributed by atoms with Crippen molar-refractivity contribution in [1.82, 2.24) is 0 Å². The van der Waals surface area contributed by atoms with E-state index in [0.29, 0.717) is 5.75 Å². The van der Waals surface area contributed by atoms with Crippen LogP contribution in [0.2, 0.25) is 0 Å². The second-order valence-corrected chi connectivity index (χ2v) is 7.66. The molecule has 32 heavy (non-hydrogen) atoms. The summed E-state index contributed by atoms with van der Waals surface area (Å²) in [6, 6.07) is 35.7. The number of benzene rings is 4. The van der Waals surface area contributed by atoms with Gasteiger partial charge in [-0.1, -0.05) is 84.9 Å². The lowest BCUT2D eigenvalue weighted by Crippen LogP contribution is -2.12. The lowest BCUT2D eigenvalue weighted by Gasteiger charge is -2.11. The molecular formula is C29H26O3. The van der Waals surface area contributed by atoms with Gasteiger partial charge in [-0.2, -0.15) is 0 Å². The van der Waals surface area contributed by atoms with E-state index in [-0.39, 0.29) is 12.6 Å². The lowest BCUT2D eigenvalue weighted by atomic mass is 9.94. The average molecular weight is 423 g/mol. The van der Waals surface area contributed by atoms with Gasteiger partial charge in [0.25, 0.3) is 0 Å². The molecular weight excluding hydrogens is 396 g/mol. The Morgan fingerprint density at radius 1 is 0.625 bits per heavy atom. The van der Waals surface area contributed by atoms with Crippen molar-refractivity contribution in [2.24, 2.45) is 0 Å². The second-order valence-electron chi connectivity index (χ2n) is 7.66. The smallest absolute Gasteiger partial charge is 0.343 e. The Labute approximate surface area is 189 Å². The lowest BCUT2D eigenvalue weighted by molar-refractivity contribution is -0.142.